The van der Waals surface area contributed by atoms with Crippen LogP contribution in [0.2, 0.25) is 0 Å². The number of nitrogens with two attached hydrogens (primary N) is 1. The van der Waals surface area contributed by atoms with Gasteiger partial charge in [0.1, 0.15) is 0 Å². The van der Waals surface area contributed by atoms with Crippen molar-refractivity contribution >= 4 is 11.9 Å². The fraction of sp³-hybridized carbons (Fsp3) is 0.167. The summed E-state index contributed by atoms with van der Waals surface area (Å²) in [6, 6.07) is 4.76. The maximum absolute atomic E-state index is 12.6. The molecule has 0 saturated heterocycles. The predicted molar refractivity (Wildman–Crippen MR) is 62.3 cm³/mol. The van der Waals surface area contributed by atoms with Crippen LogP contribution in [0, 0.1) is 11.3 Å². The monoisotopic (exact) mass is 253 g/mol. The molecule has 0 heterocycles. The van der Waals surface area contributed by atoms with E-state index < -0.39 is 17.3 Å². The Hall–Kier alpha value is -2.29. The third-order valence-corrected chi connectivity index (χ3v) is 1.99. The number of allylic oxidation sites excluding steroid dienone is 2. The van der Waals surface area contributed by atoms with Crippen LogP contribution in [0.25, 0.3) is 0 Å². The zero-order valence-electron chi connectivity index (χ0n) is 9.49. The van der Waals surface area contributed by atoms with Gasteiger partial charge in [0.05, 0.1) is 22.9 Å². The molecule has 0 radical (unpaired) electrons. The molecule has 0 fully saturated rings. The minimum absolute atomic E-state index is 0.110. The number of rotatable bonds is 2. The van der Waals surface area contributed by atoms with E-state index in [0.717, 1.165) is 12.1 Å². The molecule has 6 heteroatoms. The van der Waals surface area contributed by atoms with Crippen LogP contribution in [0.3, 0.4) is 0 Å². The molecule has 1 aromatic carbocycles. The Labute approximate surface area is 102 Å². The molecular formula is C12H10F3N3. The van der Waals surface area contributed by atoms with Crippen molar-refractivity contribution in [2.75, 3.05) is 0 Å². The Balaban J connectivity index is 3.17. The Bertz CT molecular complexity index is 532. The zero-order chi connectivity index (χ0) is 13.8. The van der Waals surface area contributed by atoms with E-state index in [1.807, 2.05) is 0 Å². The van der Waals surface area contributed by atoms with Crippen molar-refractivity contribution in [1.82, 2.24) is 0 Å². The van der Waals surface area contributed by atoms with Crippen molar-refractivity contribution in [2.45, 2.75) is 13.1 Å². The van der Waals surface area contributed by atoms with Crippen LogP contribution in [0.4, 0.5) is 18.9 Å². The van der Waals surface area contributed by atoms with Gasteiger partial charge >= 0.3 is 6.18 Å². The molecular weight excluding hydrogens is 243 g/mol. The first kappa shape index (κ1) is 13.8. The van der Waals surface area contributed by atoms with Gasteiger partial charge in [-0.1, -0.05) is 0 Å². The lowest BCUT2D eigenvalue weighted by Crippen LogP contribution is -2.07. The quantitative estimate of drug-likeness (QED) is 0.823. The molecule has 0 saturated carbocycles. The summed E-state index contributed by atoms with van der Waals surface area (Å²) in [4.78, 5) is 3.81. The summed E-state index contributed by atoms with van der Waals surface area (Å²) in [6.07, 6.45) is -1.81. The standard InChI is InChI=1S/C12H10F3N3/c1-8(17)4-5-18-10-3-2-9(7-16)11(6-10)12(13,14)15/h2-6H,17H2,1H3. The highest BCUT2D eigenvalue weighted by molar-refractivity contribution is 5.75. The molecule has 0 atom stereocenters. The fourth-order valence-electron chi connectivity index (χ4n) is 1.19. The van der Waals surface area contributed by atoms with Crippen LogP contribution in [0.5, 0.6) is 0 Å². The van der Waals surface area contributed by atoms with Gasteiger partial charge in [-0.25, -0.2) is 0 Å². The van der Waals surface area contributed by atoms with Crippen LogP contribution in [-0.4, -0.2) is 6.21 Å². The Kier molecular flexibility index (Phi) is 4.10. The number of hydrogen-bond donors (Lipinski definition) is 1. The first-order valence-corrected chi connectivity index (χ1v) is 4.92. The number of hydrogen-bond acceptors (Lipinski definition) is 3. The molecule has 0 aliphatic carbocycles. The molecule has 1 aromatic rings. The van der Waals surface area contributed by atoms with E-state index in [0.29, 0.717) is 5.70 Å². The molecule has 1 rings (SSSR count). The molecule has 0 spiro atoms. The first-order chi connectivity index (χ1) is 8.34. The third-order valence-electron chi connectivity index (χ3n) is 1.99. The van der Waals surface area contributed by atoms with Crippen molar-refractivity contribution in [2.24, 2.45) is 10.7 Å². The number of benzene rings is 1. The molecule has 0 bridgehead atoms. The minimum atomic E-state index is -4.57. The van der Waals surface area contributed by atoms with E-state index in [-0.39, 0.29) is 5.69 Å². The van der Waals surface area contributed by atoms with Crippen molar-refractivity contribution < 1.29 is 13.2 Å². The molecule has 0 aromatic heterocycles. The normalized spacial score (nSPS) is 12.7. The predicted octanol–water partition coefficient (Wildman–Crippen LogP) is 3.14. The summed E-state index contributed by atoms with van der Waals surface area (Å²) in [5.74, 6) is 0. The Morgan fingerprint density at radius 1 is 1.44 bits per heavy atom. The van der Waals surface area contributed by atoms with Gasteiger partial charge in [0.15, 0.2) is 0 Å². The molecule has 0 amide bonds. The van der Waals surface area contributed by atoms with Gasteiger partial charge in [-0.05, 0) is 31.2 Å². The zero-order valence-corrected chi connectivity index (χ0v) is 9.49. The van der Waals surface area contributed by atoms with E-state index >= 15 is 0 Å². The van der Waals surface area contributed by atoms with Gasteiger partial charge in [0.2, 0.25) is 0 Å². The van der Waals surface area contributed by atoms with Crippen molar-refractivity contribution in [3.8, 4) is 6.07 Å². The van der Waals surface area contributed by atoms with Gasteiger partial charge in [-0.2, -0.15) is 18.4 Å². The second kappa shape index (κ2) is 5.36. The summed E-state index contributed by atoms with van der Waals surface area (Å²) in [5.41, 5.74) is 4.53. The van der Waals surface area contributed by atoms with Crippen molar-refractivity contribution in [1.29, 1.82) is 5.26 Å². The average Bonchev–Trinajstić information content (AvgIpc) is 2.27. The Morgan fingerprint density at radius 3 is 2.61 bits per heavy atom. The topological polar surface area (TPSA) is 62.2 Å². The van der Waals surface area contributed by atoms with Gasteiger partial charge in [-0.15, -0.1) is 0 Å². The molecule has 3 nitrogen and oxygen atoms in total. The van der Waals surface area contributed by atoms with Crippen LogP contribution in [0.15, 0.2) is 35.0 Å². The smallest absolute Gasteiger partial charge is 0.402 e. The number of halogens is 3. The van der Waals surface area contributed by atoms with Crippen LogP contribution in [0.1, 0.15) is 18.1 Å². The molecule has 18 heavy (non-hydrogen) atoms. The van der Waals surface area contributed by atoms with E-state index in [1.165, 1.54) is 24.4 Å². The third kappa shape index (κ3) is 3.63. The maximum atomic E-state index is 12.6. The first-order valence-electron chi connectivity index (χ1n) is 4.92. The highest BCUT2D eigenvalue weighted by Crippen LogP contribution is 2.34. The molecule has 0 aliphatic rings. The Morgan fingerprint density at radius 2 is 2.11 bits per heavy atom. The molecule has 2 N–H and O–H groups in total. The second-order valence-corrected chi connectivity index (χ2v) is 3.53. The summed E-state index contributed by atoms with van der Waals surface area (Å²) < 4.78 is 37.9. The summed E-state index contributed by atoms with van der Waals surface area (Å²) in [5, 5.41) is 8.61. The number of nitrogens with zero attached hydrogens (tertiary/aromatic N) is 2. The number of nitriles is 1. The molecule has 0 unspecified atom stereocenters. The number of alkyl halides is 3. The van der Waals surface area contributed by atoms with E-state index in [1.54, 1.807) is 6.92 Å². The highest BCUT2D eigenvalue weighted by atomic mass is 19.4. The van der Waals surface area contributed by atoms with Crippen LogP contribution in [-0.2, 0) is 6.18 Å². The van der Waals surface area contributed by atoms with Crippen molar-refractivity contribution in [3.63, 3.8) is 0 Å². The largest absolute Gasteiger partial charge is 0.417 e. The lowest BCUT2D eigenvalue weighted by Gasteiger charge is -2.08. The lowest BCUT2D eigenvalue weighted by atomic mass is 10.1. The van der Waals surface area contributed by atoms with Crippen LogP contribution >= 0.6 is 0 Å². The SMILES string of the molecule is CC(N)=CC=Nc1ccc(C#N)c(C(F)(F)F)c1. The maximum Gasteiger partial charge on any atom is 0.417 e. The van der Waals surface area contributed by atoms with E-state index in [4.69, 9.17) is 11.0 Å². The van der Waals surface area contributed by atoms with Gasteiger partial charge < -0.3 is 5.73 Å². The minimum Gasteiger partial charge on any atom is -0.402 e. The van der Waals surface area contributed by atoms with Crippen molar-refractivity contribution in [3.05, 3.63) is 41.1 Å². The second-order valence-electron chi connectivity index (χ2n) is 3.53. The lowest BCUT2D eigenvalue weighted by molar-refractivity contribution is -0.137. The summed E-state index contributed by atoms with van der Waals surface area (Å²) in [6.45, 7) is 1.63. The van der Waals surface area contributed by atoms with Gasteiger partial charge in [-0.3, -0.25) is 4.99 Å². The fourth-order valence-corrected chi connectivity index (χ4v) is 1.19. The van der Waals surface area contributed by atoms with Gasteiger partial charge in [0.25, 0.3) is 0 Å². The van der Waals surface area contributed by atoms with E-state index in [9.17, 15) is 13.2 Å². The number of aliphatic imine (C=N–C) groups is 1. The van der Waals surface area contributed by atoms with Gasteiger partial charge in [0, 0.05) is 11.9 Å². The van der Waals surface area contributed by atoms with E-state index in [2.05, 4.69) is 4.99 Å². The molecule has 0 aliphatic heterocycles. The summed E-state index contributed by atoms with van der Waals surface area (Å²) in [7, 11) is 0. The molecule has 94 valence electrons. The highest BCUT2D eigenvalue weighted by Gasteiger charge is 2.33. The average molecular weight is 253 g/mol. The summed E-state index contributed by atoms with van der Waals surface area (Å²) >= 11 is 0. The van der Waals surface area contributed by atoms with Crippen LogP contribution < -0.4 is 5.73 Å².